The molecular weight excluding hydrogens is 847 g/mol. The Balaban J connectivity index is 2.09. The van der Waals surface area contributed by atoms with Crippen LogP contribution < -0.4 is 0 Å². The smallest absolute Gasteiger partial charge is 0.329 e. The molecule has 1 aliphatic carbocycles. The maximum Gasteiger partial charge on any atom is 0.329 e. The van der Waals surface area contributed by atoms with E-state index in [4.69, 9.17) is 23.7 Å². The summed E-state index contributed by atoms with van der Waals surface area (Å²) in [6.07, 6.45) is 10.1. The van der Waals surface area contributed by atoms with Crippen molar-refractivity contribution in [1.82, 2.24) is 4.90 Å². The van der Waals surface area contributed by atoms with E-state index >= 15 is 0 Å². The fourth-order valence-electron chi connectivity index (χ4n) is 9.85. The van der Waals surface area contributed by atoms with Gasteiger partial charge < -0.3 is 43.9 Å². The number of ketones is 3. The largest absolute Gasteiger partial charge is 0.460 e. The third-order valence-corrected chi connectivity index (χ3v) is 14.2. The van der Waals surface area contributed by atoms with Crippen LogP contribution in [0.25, 0.3) is 0 Å². The Labute approximate surface area is 394 Å². The number of ether oxygens (including phenoxy) is 5. The second kappa shape index (κ2) is 27.0. The number of hydrogen-bond donors (Lipinski definition) is 3. The molecule has 0 radical (unpaired) electrons. The molecule has 374 valence electrons. The van der Waals surface area contributed by atoms with E-state index in [1.165, 1.54) is 7.11 Å². The zero-order valence-electron chi connectivity index (χ0n) is 41.9. The molecule has 0 unspecified atom stereocenters. The van der Waals surface area contributed by atoms with Gasteiger partial charge in [0, 0.05) is 58.5 Å². The summed E-state index contributed by atoms with van der Waals surface area (Å²) in [5, 5.41) is 33.9. The molecular formula is C52H83NO13. The summed E-state index contributed by atoms with van der Waals surface area (Å²) < 4.78 is 29.4. The molecule has 0 spiro atoms. The standard InChI is InChI=1S/C52H83NO13/c1-13-24-53-40(14-2)51(60)65-44(34(6)27-38-21-23-41(54)45(28-38)63-11)30-42(55)33(5)26-36(8)47(57)48(64-12)46(56)35(7)25-31(3)18-16-15-17-19-32(4)43(62-10)29-39-22-20-37(9)52(61,66-39)49(58)50(53)59/h15-19,26,31,33-35,37-41,43-45,47-48,54,57,61H,13-14,20-25,27-30H2,1-12H3/b17-15+,18-16+,32-19+,36-26+/t31-,33-,34-,35-,37-,38+,39+,40+,41-,43+,44+,45-,47-,48+,52-/m1/s1. The highest BCUT2D eigenvalue weighted by Crippen LogP contribution is 2.37. The Morgan fingerprint density at radius 3 is 2.18 bits per heavy atom. The van der Waals surface area contributed by atoms with E-state index in [1.54, 1.807) is 48.0 Å². The van der Waals surface area contributed by atoms with Crippen LogP contribution in [0.4, 0.5) is 0 Å². The van der Waals surface area contributed by atoms with Gasteiger partial charge in [0.15, 0.2) is 5.78 Å². The molecule has 1 saturated heterocycles. The molecule has 15 atom stereocenters. The molecule has 3 N–H and O–H groups in total. The number of aliphatic hydroxyl groups is 3. The highest BCUT2D eigenvalue weighted by Gasteiger charge is 2.52. The second-order valence-corrected chi connectivity index (χ2v) is 19.5. The molecule has 0 aromatic rings. The van der Waals surface area contributed by atoms with Gasteiger partial charge in [-0.25, -0.2) is 4.79 Å². The molecule has 0 aromatic heterocycles. The average Bonchev–Trinajstić information content (AvgIpc) is 3.28. The molecule has 1 amide bonds. The minimum absolute atomic E-state index is 0.0125. The normalized spacial score (nSPS) is 39.0. The topological polar surface area (TPSA) is 195 Å². The maximum absolute atomic E-state index is 14.4. The summed E-state index contributed by atoms with van der Waals surface area (Å²) >= 11 is 0. The van der Waals surface area contributed by atoms with Crippen molar-refractivity contribution in [1.29, 1.82) is 0 Å². The highest BCUT2D eigenvalue weighted by molar-refractivity contribution is 6.39. The van der Waals surface area contributed by atoms with Gasteiger partial charge in [-0.3, -0.25) is 19.2 Å². The van der Waals surface area contributed by atoms with Gasteiger partial charge in [-0.15, -0.1) is 0 Å². The lowest BCUT2D eigenvalue weighted by Gasteiger charge is -2.42. The highest BCUT2D eigenvalue weighted by atomic mass is 16.6. The second-order valence-electron chi connectivity index (χ2n) is 19.5. The van der Waals surface area contributed by atoms with E-state index < -0.39 is 83.9 Å². The number of cyclic esters (lactones) is 1. The lowest BCUT2D eigenvalue weighted by molar-refractivity contribution is -0.265. The van der Waals surface area contributed by atoms with E-state index in [-0.39, 0.29) is 54.8 Å². The lowest BCUT2D eigenvalue weighted by Crippen LogP contribution is -2.60. The molecule has 3 aliphatic rings. The Hall–Kier alpha value is -3.37. The van der Waals surface area contributed by atoms with Crippen molar-refractivity contribution < 1.29 is 63.0 Å². The summed E-state index contributed by atoms with van der Waals surface area (Å²) in [4.78, 5) is 72.1. The van der Waals surface area contributed by atoms with Crippen molar-refractivity contribution >= 4 is 29.2 Å². The third-order valence-electron chi connectivity index (χ3n) is 14.2. The number of rotatable bonds is 9. The molecule has 2 fully saturated rings. The number of amides is 1. The summed E-state index contributed by atoms with van der Waals surface area (Å²) in [5.41, 5.74) is 1.25. The molecule has 66 heavy (non-hydrogen) atoms. The maximum atomic E-state index is 14.4. The zero-order chi connectivity index (χ0) is 49.5. The van der Waals surface area contributed by atoms with E-state index in [2.05, 4.69) is 0 Å². The first-order valence-corrected chi connectivity index (χ1v) is 24.3. The molecule has 1 saturated carbocycles. The van der Waals surface area contributed by atoms with E-state index in [9.17, 15) is 39.3 Å². The summed E-state index contributed by atoms with van der Waals surface area (Å²) in [6.45, 7) is 16.1. The van der Waals surface area contributed by atoms with Crippen molar-refractivity contribution in [2.75, 3.05) is 27.9 Å². The monoisotopic (exact) mass is 930 g/mol. The Morgan fingerprint density at radius 2 is 1.56 bits per heavy atom. The van der Waals surface area contributed by atoms with Crippen LogP contribution in [0.5, 0.6) is 0 Å². The summed E-state index contributed by atoms with van der Waals surface area (Å²) in [6, 6.07) is -1.22. The molecule has 2 heterocycles. The number of aliphatic hydroxyl groups excluding tert-OH is 2. The number of esters is 1. The zero-order valence-corrected chi connectivity index (χ0v) is 41.9. The number of carbonyl (C=O) groups is 5. The van der Waals surface area contributed by atoms with Crippen molar-refractivity contribution in [3.05, 3.63) is 47.6 Å². The minimum Gasteiger partial charge on any atom is -0.460 e. The number of allylic oxidation sites excluding steroid dienone is 6. The SMILES string of the molecule is CCCN1C(=O)C(=O)[C@]2(O)O[C@@H](CC[C@H]2C)C[C@H](OC)/C(C)=C/C=C/C=C/[C@@H](C)C[C@@H](C)C(=O)[C@H](OC)[C@H](O)/C(C)=C/[C@@H](C)C(=O)C[C@@H]([C@H](C)C[C@@H]2CC[C@@H](O)[C@H](OC)C2)OC(=O)[C@@H]1CC. The first-order chi connectivity index (χ1) is 31.2. The number of carbonyl (C=O) groups excluding carboxylic acids is 5. The molecule has 0 aromatic carbocycles. The van der Waals surface area contributed by atoms with Gasteiger partial charge in [-0.1, -0.05) is 84.9 Å². The van der Waals surface area contributed by atoms with Gasteiger partial charge in [0.05, 0.1) is 24.4 Å². The van der Waals surface area contributed by atoms with Gasteiger partial charge in [-0.05, 0) is 101 Å². The van der Waals surface area contributed by atoms with Crippen LogP contribution in [0.3, 0.4) is 0 Å². The fraction of sp³-hybridized carbons (Fsp3) is 0.750. The Kier molecular flexibility index (Phi) is 23.3. The Morgan fingerprint density at radius 1 is 0.864 bits per heavy atom. The van der Waals surface area contributed by atoms with Crippen LogP contribution in [-0.4, -0.2) is 132 Å². The molecule has 2 bridgehead atoms. The first kappa shape index (κ1) is 57.0. The quantitative estimate of drug-likeness (QED) is 0.124. The minimum atomic E-state index is -2.45. The number of Topliss-reactive ketones (excluding diaryl/α,β-unsaturated/α-hetero) is 3. The summed E-state index contributed by atoms with van der Waals surface area (Å²) in [5.74, 6) is -8.17. The van der Waals surface area contributed by atoms with Crippen LogP contribution in [0.1, 0.15) is 133 Å². The number of fused-ring (bicyclic) bond motifs is 2. The number of hydrogen-bond acceptors (Lipinski definition) is 13. The Bertz CT molecular complexity index is 1740. The predicted molar refractivity (Wildman–Crippen MR) is 252 cm³/mol. The van der Waals surface area contributed by atoms with Crippen LogP contribution in [0.2, 0.25) is 0 Å². The van der Waals surface area contributed by atoms with Crippen molar-refractivity contribution in [2.24, 2.45) is 35.5 Å². The van der Waals surface area contributed by atoms with Gasteiger partial charge in [-0.2, -0.15) is 0 Å². The predicted octanol–water partition coefficient (Wildman–Crippen LogP) is 6.82. The van der Waals surface area contributed by atoms with Crippen LogP contribution in [-0.2, 0) is 47.7 Å². The van der Waals surface area contributed by atoms with Gasteiger partial charge >= 0.3 is 5.97 Å². The van der Waals surface area contributed by atoms with Crippen LogP contribution in [0.15, 0.2) is 47.6 Å². The number of methoxy groups -OCH3 is 3. The van der Waals surface area contributed by atoms with Crippen molar-refractivity contribution in [3.63, 3.8) is 0 Å². The average molecular weight is 930 g/mol. The van der Waals surface area contributed by atoms with Gasteiger partial charge in [0.25, 0.3) is 11.7 Å². The third kappa shape index (κ3) is 15.3. The first-order valence-electron chi connectivity index (χ1n) is 24.3. The fourth-order valence-corrected chi connectivity index (χ4v) is 9.85. The van der Waals surface area contributed by atoms with Gasteiger partial charge in [0.1, 0.15) is 30.1 Å². The van der Waals surface area contributed by atoms with Crippen LogP contribution >= 0.6 is 0 Å². The van der Waals surface area contributed by atoms with E-state index in [0.29, 0.717) is 63.4 Å². The van der Waals surface area contributed by atoms with E-state index in [0.717, 1.165) is 10.5 Å². The number of nitrogens with zero attached hydrogens (tertiary/aromatic N) is 1. The lowest BCUT2D eigenvalue weighted by atomic mass is 9.78. The van der Waals surface area contributed by atoms with Crippen molar-refractivity contribution in [3.8, 4) is 0 Å². The van der Waals surface area contributed by atoms with Gasteiger partial charge in [0.2, 0.25) is 5.79 Å². The van der Waals surface area contributed by atoms with E-state index in [1.807, 2.05) is 65.0 Å². The van der Waals surface area contributed by atoms with Crippen LogP contribution in [0, 0.1) is 35.5 Å². The molecule has 14 nitrogen and oxygen atoms in total. The molecule has 3 rings (SSSR count). The molecule has 14 heteroatoms. The molecule has 2 aliphatic heterocycles. The van der Waals surface area contributed by atoms with Crippen molar-refractivity contribution in [2.45, 2.75) is 187 Å². The summed E-state index contributed by atoms with van der Waals surface area (Å²) in [7, 11) is 4.51.